The maximum atomic E-state index is 12.2. The molecule has 1 aromatic heterocycles. The van der Waals surface area contributed by atoms with E-state index in [-0.39, 0.29) is 22.0 Å². The third kappa shape index (κ3) is 3.07. The lowest BCUT2D eigenvalue weighted by Crippen LogP contribution is -2.52. The summed E-state index contributed by atoms with van der Waals surface area (Å²) < 4.78 is 5.60. The zero-order valence-electron chi connectivity index (χ0n) is 13.0. The van der Waals surface area contributed by atoms with Gasteiger partial charge in [-0.25, -0.2) is 4.79 Å². The summed E-state index contributed by atoms with van der Waals surface area (Å²) in [6, 6.07) is 9.51. The fraction of sp³-hybridized carbons (Fsp3) is 0.0588. The third-order valence-corrected chi connectivity index (χ3v) is 4.02. The molecule has 2 amide bonds. The highest BCUT2D eigenvalue weighted by molar-refractivity contribution is 7.80. The molecule has 0 aliphatic carbocycles. The number of thiocarbonyl (C=S) groups is 1. The predicted octanol–water partition coefficient (Wildman–Crippen LogP) is 1.90. The normalized spacial score (nSPS) is 16.3. The van der Waals surface area contributed by atoms with Crippen LogP contribution in [0.4, 0.5) is 0 Å². The van der Waals surface area contributed by atoms with Gasteiger partial charge in [-0.3, -0.25) is 19.8 Å². The van der Waals surface area contributed by atoms with Gasteiger partial charge in [0.15, 0.2) is 5.11 Å². The highest BCUT2D eigenvalue weighted by Crippen LogP contribution is 2.27. The monoisotopic (exact) mass is 356 g/mol. The predicted molar refractivity (Wildman–Crippen MR) is 92.6 cm³/mol. The molecule has 7 nitrogen and oxygen atoms in total. The van der Waals surface area contributed by atoms with Crippen LogP contribution in [-0.4, -0.2) is 40.0 Å². The van der Waals surface area contributed by atoms with Crippen LogP contribution >= 0.6 is 12.2 Å². The summed E-state index contributed by atoms with van der Waals surface area (Å²) in [5.74, 6) is -1.68. The van der Waals surface area contributed by atoms with Gasteiger partial charge >= 0.3 is 5.97 Å². The van der Waals surface area contributed by atoms with Crippen LogP contribution in [0, 0.1) is 0 Å². The van der Waals surface area contributed by atoms with Crippen molar-refractivity contribution in [2.45, 2.75) is 0 Å². The van der Waals surface area contributed by atoms with Gasteiger partial charge in [-0.15, -0.1) is 0 Å². The fourth-order valence-corrected chi connectivity index (χ4v) is 2.52. The Balaban J connectivity index is 1.98. The van der Waals surface area contributed by atoms with Crippen LogP contribution < -0.4 is 5.32 Å². The molecule has 25 heavy (non-hydrogen) atoms. The molecule has 0 saturated carbocycles. The zero-order valence-corrected chi connectivity index (χ0v) is 13.8. The maximum absolute atomic E-state index is 12.2. The number of furan rings is 1. The van der Waals surface area contributed by atoms with Crippen molar-refractivity contribution in [1.82, 2.24) is 10.2 Å². The lowest BCUT2D eigenvalue weighted by Gasteiger charge is -2.24. The summed E-state index contributed by atoms with van der Waals surface area (Å²) in [5.41, 5.74) is 0.369. The molecule has 0 spiro atoms. The summed E-state index contributed by atoms with van der Waals surface area (Å²) in [6.45, 7) is 0. The Bertz CT molecular complexity index is 944. The van der Waals surface area contributed by atoms with Crippen molar-refractivity contribution >= 4 is 41.2 Å². The number of aromatic carboxylic acids is 1. The van der Waals surface area contributed by atoms with Gasteiger partial charge in [-0.1, -0.05) is 18.2 Å². The van der Waals surface area contributed by atoms with Gasteiger partial charge in [-0.2, -0.15) is 0 Å². The molecule has 2 aromatic rings. The number of hydrogen-bond acceptors (Lipinski definition) is 5. The zero-order chi connectivity index (χ0) is 18.1. The second kappa shape index (κ2) is 6.33. The summed E-state index contributed by atoms with van der Waals surface area (Å²) in [4.78, 5) is 36.6. The second-order valence-corrected chi connectivity index (χ2v) is 5.62. The smallest absolute Gasteiger partial charge is 0.336 e. The maximum Gasteiger partial charge on any atom is 0.336 e. The number of benzene rings is 1. The number of carbonyl (C=O) groups excluding carboxylic acids is 2. The number of amides is 2. The van der Waals surface area contributed by atoms with Gasteiger partial charge in [0.1, 0.15) is 17.1 Å². The van der Waals surface area contributed by atoms with Gasteiger partial charge in [-0.05, 0) is 36.5 Å². The number of carboxylic acid groups (broad SMARTS) is 1. The lowest BCUT2D eigenvalue weighted by molar-refractivity contribution is -0.128. The molecule has 1 saturated heterocycles. The topological polar surface area (TPSA) is 99.8 Å². The number of carboxylic acids is 1. The SMILES string of the molecule is CN1C(=O)/C(=C/c2ccc(-c3ccccc3C(=O)O)o2)C(=O)NC1=S. The quantitative estimate of drug-likeness (QED) is 0.495. The molecule has 1 aliphatic rings. The van der Waals surface area contributed by atoms with E-state index in [9.17, 15) is 19.5 Å². The first-order valence-corrected chi connectivity index (χ1v) is 7.57. The van der Waals surface area contributed by atoms with Crippen molar-refractivity contribution in [2.75, 3.05) is 7.05 Å². The van der Waals surface area contributed by atoms with E-state index in [1.165, 1.54) is 19.2 Å². The first-order chi connectivity index (χ1) is 11.9. The van der Waals surface area contributed by atoms with Crippen molar-refractivity contribution in [1.29, 1.82) is 0 Å². The molecular formula is C17H12N2O5S. The molecule has 0 bridgehead atoms. The van der Waals surface area contributed by atoms with Crippen LogP contribution in [0.15, 0.2) is 46.4 Å². The van der Waals surface area contributed by atoms with Crippen molar-refractivity contribution in [2.24, 2.45) is 0 Å². The van der Waals surface area contributed by atoms with Gasteiger partial charge < -0.3 is 9.52 Å². The van der Waals surface area contributed by atoms with E-state index in [4.69, 9.17) is 16.6 Å². The first-order valence-electron chi connectivity index (χ1n) is 7.16. The van der Waals surface area contributed by atoms with E-state index in [1.54, 1.807) is 30.3 Å². The van der Waals surface area contributed by atoms with E-state index in [0.717, 1.165) is 4.90 Å². The second-order valence-electron chi connectivity index (χ2n) is 5.23. The summed E-state index contributed by atoms with van der Waals surface area (Å²) in [5, 5.41) is 11.7. The summed E-state index contributed by atoms with van der Waals surface area (Å²) in [7, 11) is 1.45. The molecule has 0 unspecified atom stereocenters. The van der Waals surface area contributed by atoms with Crippen LogP contribution in [0.3, 0.4) is 0 Å². The standard InChI is InChI=1S/C17H12N2O5S/c1-19-15(21)12(14(20)18-17(19)25)8-9-6-7-13(24-9)10-4-2-3-5-11(10)16(22)23/h2-8H,1H3,(H,22,23)(H,18,20,25)/b12-8+. The highest BCUT2D eigenvalue weighted by Gasteiger charge is 2.31. The average molecular weight is 356 g/mol. The molecule has 2 heterocycles. The van der Waals surface area contributed by atoms with Crippen LogP contribution in [0.2, 0.25) is 0 Å². The number of rotatable bonds is 3. The van der Waals surface area contributed by atoms with Crippen molar-refractivity contribution < 1.29 is 23.9 Å². The Labute approximate surface area is 147 Å². The molecule has 0 atom stereocenters. The number of nitrogens with zero attached hydrogens (tertiary/aromatic N) is 1. The van der Waals surface area contributed by atoms with E-state index in [0.29, 0.717) is 11.3 Å². The molecule has 8 heteroatoms. The van der Waals surface area contributed by atoms with Crippen LogP contribution in [0.5, 0.6) is 0 Å². The van der Waals surface area contributed by atoms with Crippen molar-refractivity contribution in [3.63, 3.8) is 0 Å². The van der Waals surface area contributed by atoms with Gasteiger partial charge in [0, 0.05) is 12.6 Å². The summed E-state index contributed by atoms with van der Waals surface area (Å²) in [6.07, 6.45) is 1.29. The van der Waals surface area contributed by atoms with E-state index in [2.05, 4.69) is 5.32 Å². The van der Waals surface area contributed by atoms with Gasteiger partial charge in [0.25, 0.3) is 11.8 Å². The molecule has 1 aromatic carbocycles. The van der Waals surface area contributed by atoms with Crippen LogP contribution in [0.25, 0.3) is 17.4 Å². The van der Waals surface area contributed by atoms with Gasteiger partial charge in [0.2, 0.25) is 0 Å². The Hall–Kier alpha value is -3.26. The Morgan fingerprint density at radius 2 is 1.96 bits per heavy atom. The molecular weight excluding hydrogens is 344 g/mol. The number of likely N-dealkylation sites (N-methyl/N-ethyl adjacent to an activating group) is 1. The van der Waals surface area contributed by atoms with E-state index in [1.807, 2.05) is 0 Å². The number of nitrogens with one attached hydrogen (secondary N) is 1. The average Bonchev–Trinajstić information content (AvgIpc) is 3.05. The van der Waals surface area contributed by atoms with Crippen LogP contribution in [-0.2, 0) is 9.59 Å². The molecule has 126 valence electrons. The molecule has 1 fully saturated rings. The molecule has 0 radical (unpaired) electrons. The Morgan fingerprint density at radius 3 is 2.68 bits per heavy atom. The Morgan fingerprint density at radius 1 is 1.24 bits per heavy atom. The lowest BCUT2D eigenvalue weighted by atomic mass is 10.1. The van der Waals surface area contributed by atoms with E-state index >= 15 is 0 Å². The Kier molecular flexibility index (Phi) is 4.20. The minimum Gasteiger partial charge on any atom is -0.478 e. The van der Waals surface area contributed by atoms with Gasteiger partial charge in [0.05, 0.1) is 5.56 Å². The highest BCUT2D eigenvalue weighted by atomic mass is 32.1. The van der Waals surface area contributed by atoms with Crippen molar-refractivity contribution in [3.8, 4) is 11.3 Å². The fourth-order valence-electron chi connectivity index (χ4n) is 2.35. The molecule has 2 N–H and O–H groups in total. The molecule has 1 aliphatic heterocycles. The van der Waals surface area contributed by atoms with Crippen LogP contribution in [0.1, 0.15) is 16.1 Å². The first kappa shape index (κ1) is 16.6. The minimum atomic E-state index is -1.08. The third-order valence-electron chi connectivity index (χ3n) is 3.64. The number of carbonyl (C=O) groups is 3. The number of hydrogen-bond donors (Lipinski definition) is 2. The largest absolute Gasteiger partial charge is 0.478 e. The minimum absolute atomic E-state index is 0.0302. The van der Waals surface area contributed by atoms with E-state index < -0.39 is 17.8 Å². The molecule has 3 rings (SSSR count). The van der Waals surface area contributed by atoms with Crippen molar-refractivity contribution in [3.05, 3.63) is 53.3 Å². The summed E-state index contributed by atoms with van der Waals surface area (Å²) >= 11 is 4.87.